The summed E-state index contributed by atoms with van der Waals surface area (Å²) in [4.78, 5) is 9.65. The van der Waals surface area contributed by atoms with Gasteiger partial charge in [-0.1, -0.05) is 24.3 Å². The van der Waals surface area contributed by atoms with E-state index in [2.05, 4.69) is 20.6 Å². The molecular formula is C21H22FN5S. The first-order chi connectivity index (χ1) is 13.7. The van der Waals surface area contributed by atoms with Gasteiger partial charge in [0.2, 0.25) is 0 Å². The predicted octanol–water partition coefficient (Wildman–Crippen LogP) is 2.84. The molecule has 1 N–H and O–H groups in total. The maximum Gasteiger partial charge on any atom is 0.170 e. The van der Waals surface area contributed by atoms with Crippen LogP contribution in [-0.2, 0) is 6.42 Å². The standard InChI is InChI=1S/C21H22FN5S/c22-19-6-4-16(5-7-19)8-9-26-10-12-27(13-11-26)21-24-20(25-28-21)18-3-1-2-17(14-18)15-23/h1-7,14,21H,8-13H2,(H,24,25). The van der Waals surface area contributed by atoms with Crippen LogP contribution in [0.2, 0.25) is 0 Å². The number of nitriles is 1. The van der Waals surface area contributed by atoms with E-state index in [1.807, 2.05) is 30.3 Å². The molecule has 5 nitrogen and oxygen atoms in total. The molecule has 2 aliphatic rings. The third-order valence-corrected chi connectivity index (χ3v) is 6.04. The lowest BCUT2D eigenvalue weighted by Gasteiger charge is -2.36. The first-order valence-corrected chi connectivity index (χ1v) is 10.3. The third-order valence-electron chi connectivity index (χ3n) is 5.11. The van der Waals surface area contributed by atoms with Crippen molar-refractivity contribution >= 4 is 17.8 Å². The van der Waals surface area contributed by atoms with Gasteiger partial charge in [-0.15, -0.1) is 0 Å². The summed E-state index contributed by atoms with van der Waals surface area (Å²) >= 11 is 1.61. The van der Waals surface area contributed by atoms with Gasteiger partial charge in [0.05, 0.1) is 11.6 Å². The van der Waals surface area contributed by atoms with E-state index >= 15 is 0 Å². The van der Waals surface area contributed by atoms with Crippen LogP contribution in [0.25, 0.3) is 0 Å². The molecule has 0 radical (unpaired) electrons. The van der Waals surface area contributed by atoms with Gasteiger partial charge >= 0.3 is 0 Å². The highest BCUT2D eigenvalue weighted by atomic mass is 32.2. The second-order valence-electron chi connectivity index (χ2n) is 6.97. The van der Waals surface area contributed by atoms with Crippen LogP contribution in [0.4, 0.5) is 4.39 Å². The Morgan fingerprint density at radius 1 is 1.14 bits per heavy atom. The molecule has 1 saturated heterocycles. The second kappa shape index (κ2) is 8.74. The Hall–Kier alpha value is -2.40. The lowest BCUT2D eigenvalue weighted by molar-refractivity contribution is 0.127. The van der Waals surface area contributed by atoms with Crippen molar-refractivity contribution in [2.45, 2.75) is 11.9 Å². The molecule has 1 atom stereocenters. The molecular weight excluding hydrogens is 373 g/mol. The predicted molar refractivity (Wildman–Crippen MR) is 110 cm³/mol. The van der Waals surface area contributed by atoms with Crippen LogP contribution in [0.15, 0.2) is 53.5 Å². The fourth-order valence-electron chi connectivity index (χ4n) is 3.44. The number of piperazine rings is 1. The summed E-state index contributed by atoms with van der Waals surface area (Å²) in [6.07, 6.45) is 0.942. The average Bonchev–Trinajstić information content (AvgIpc) is 3.24. The molecule has 0 aromatic heterocycles. The van der Waals surface area contributed by atoms with Crippen molar-refractivity contribution in [1.82, 2.24) is 14.5 Å². The molecule has 2 aliphatic heterocycles. The summed E-state index contributed by atoms with van der Waals surface area (Å²) in [5.74, 6) is 0.658. The van der Waals surface area contributed by atoms with Gasteiger partial charge in [-0.05, 0) is 48.2 Å². The third kappa shape index (κ3) is 4.53. The molecule has 28 heavy (non-hydrogen) atoms. The molecule has 2 heterocycles. The van der Waals surface area contributed by atoms with Crippen LogP contribution >= 0.6 is 11.9 Å². The number of hydrogen-bond acceptors (Lipinski definition) is 6. The van der Waals surface area contributed by atoms with E-state index in [0.29, 0.717) is 5.56 Å². The Bertz CT molecular complexity index is 884. The lowest BCUT2D eigenvalue weighted by Crippen LogP contribution is -2.49. The van der Waals surface area contributed by atoms with Gasteiger partial charge in [0, 0.05) is 38.3 Å². The van der Waals surface area contributed by atoms with Crippen molar-refractivity contribution in [3.05, 3.63) is 71.0 Å². The number of nitrogens with zero attached hydrogens (tertiary/aromatic N) is 4. The number of amidine groups is 1. The SMILES string of the molecule is N#Cc1cccc(C2=NC(N3CCN(CCc4ccc(F)cc4)CC3)SN2)c1. The summed E-state index contributed by atoms with van der Waals surface area (Å²) in [7, 11) is 0. The largest absolute Gasteiger partial charge is 0.311 e. The van der Waals surface area contributed by atoms with Crippen LogP contribution in [0.1, 0.15) is 16.7 Å². The number of rotatable bonds is 5. The summed E-state index contributed by atoms with van der Waals surface area (Å²) in [6.45, 7) is 4.95. The van der Waals surface area contributed by atoms with E-state index in [-0.39, 0.29) is 11.3 Å². The van der Waals surface area contributed by atoms with E-state index in [0.717, 1.165) is 50.5 Å². The average molecular weight is 396 g/mol. The first kappa shape index (κ1) is 18.9. The zero-order valence-electron chi connectivity index (χ0n) is 15.5. The molecule has 0 aliphatic carbocycles. The van der Waals surface area contributed by atoms with Crippen molar-refractivity contribution in [1.29, 1.82) is 5.26 Å². The Morgan fingerprint density at radius 3 is 2.68 bits per heavy atom. The topological polar surface area (TPSA) is 54.7 Å². The molecule has 2 aromatic rings. The van der Waals surface area contributed by atoms with Crippen molar-refractivity contribution < 1.29 is 4.39 Å². The van der Waals surface area contributed by atoms with Crippen molar-refractivity contribution in [2.75, 3.05) is 32.7 Å². The molecule has 2 aromatic carbocycles. The maximum atomic E-state index is 13.0. The number of aliphatic imine (C=N–C) groups is 1. The van der Waals surface area contributed by atoms with Gasteiger partial charge in [-0.3, -0.25) is 4.90 Å². The van der Waals surface area contributed by atoms with Gasteiger partial charge in [0.1, 0.15) is 11.7 Å². The van der Waals surface area contributed by atoms with Crippen LogP contribution in [0, 0.1) is 17.1 Å². The fraction of sp³-hybridized carbons (Fsp3) is 0.333. The smallest absolute Gasteiger partial charge is 0.170 e. The van der Waals surface area contributed by atoms with Crippen LogP contribution in [0.3, 0.4) is 0 Å². The number of hydrogen-bond donors (Lipinski definition) is 1. The van der Waals surface area contributed by atoms with E-state index in [4.69, 9.17) is 10.3 Å². The Morgan fingerprint density at radius 2 is 1.93 bits per heavy atom. The van der Waals surface area contributed by atoms with Crippen molar-refractivity contribution in [2.24, 2.45) is 4.99 Å². The maximum absolute atomic E-state index is 13.0. The van der Waals surface area contributed by atoms with Gasteiger partial charge in [-0.2, -0.15) is 5.26 Å². The monoisotopic (exact) mass is 395 g/mol. The minimum absolute atomic E-state index is 0.0694. The van der Waals surface area contributed by atoms with Crippen LogP contribution in [-0.4, -0.2) is 53.9 Å². The quantitative estimate of drug-likeness (QED) is 0.789. The van der Waals surface area contributed by atoms with E-state index < -0.39 is 0 Å². The molecule has 0 saturated carbocycles. The molecule has 4 rings (SSSR count). The summed E-state index contributed by atoms with van der Waals surface area (Å²) < 4.78 is 16.3. The number of benzene rings is 2. The van der Waals surface area contributed by atoms with Gasteiger partial charge < -0.3 is 9.62 Å². The number of halogens is 1. The fourth-order valence-corrected chi connectivity index (χ4v) is 4.35. The summed E-state index contributed by atoms with van der Waals surface area (Å²) in [5.41, 5.74) is 2.84. The minimum atomic E-state index is -0.181. The summed E-state index contributed by atoms with van der Waals surface area (Å²) in [6, 6.07) is 16.5. The van der Waals surface area contributed by atoms with Gasteiger partial charge in [0.25, 0.3) is 0 Å². The first-order valence-electron chi connectivity index (χ1n) is 9.42. The van der Waals surface area contributed by atoms with Gasteiger partial charge in [0.15, 0.2) is 5.50 Å². The Balaban J connectivity index is 1.28. The second-order valence-corrected chi connectivity index (χ2v) is 7.83. The van der Waals surface area contributed by atoms with E-state index in [9.17, 15) is 4.39 Å². The van der Waals surface area contributed by atoms with Gasteiger partial charge in [-0.25, -0.2) is 9.38 Å². The Labute approximate surface area is 169 Å². The van der Waals surface area contributed by atoms with Crippen molar-refractivity contribution in [3.63, 3.8) is 0 Å². The zero-order valence-corrected chi connectivity index (χ0v) is 16.3. The molecule has 0 spiro atoms. The highest BCUT2D eigenvalue weighted by Gasteiger charge is 2.28. The summed E-state index contributed by atoms with van der Waals surface area (Å²) in [5, 5.41) is 9.07. The highest BCUT2D eigenvalue weighted by Crippen LogP contribution is 2.24. The molecule has 1 fully saturated rings. The molecule has 7 heteroatoms. The zero-order chi connectivity index (χ0) is 19.3. The molecule has 1 unspecified atom stereocenters. The molecule has 0 amide bonds. The normalized spacial score (nSPS) is 20.4. The molecule has 0 bridgehead atoms. The molecule has 144 valence electrons. The number of nitrogens with one attached hydrogen (secondary N) is 1. The Kier molecular flexibility index (Phi) is 5.91. The van der Waals surface area contributed by atoms with E-state index in [1.165, 1.54) is 17.7 Å². The highest BCUT2D eigenvalue weighted by molar-refractivity contribution is 7.98. The minimum Gasteiger partial charge on any atom is -0.311 e. The lowest BCUT2D eigenvalue weighted by atomic mass is 10.1. The van der Waals surface area contributed by atoms with E-state index in [1.54, 1.807) is 18.0 Å². The van der Waals surface area contributed by atoms with Crippen molar-refractivity contribution in [3.8, 4) is 6.07 Å². The van der Waals surface area contributed by atoms with Crippen LogP contribution in [0.5, 0.6) is 0 Å². The van der Waals surface area contributed by atoms with Crippen LogP contribution < -0.4 is 4.72 Å².